The minimum atomic E-state index is -4.44. The van der Waals surface area contributed by atoms with Gasteiger partial charge in [-0.15, -0.1) is 10.2 Å². The number of anilines is 2. The van der Waals surface area contributed by atoms with Crippen LogP contribution in [0, 0.1) is 0 Å². The summed E-state index contributed by atoms with van der Waals surface area (Å²) >= 11 is 0. The number of fused-ring (bicyclic) bond motifs is 1. The molecule has 0 aliphatic rings. The average molecular weight is 425 g/mol. The first-order chi connectivity index (χ1) is 14.9. The second-order valence-electron chi connectivity index (χ2n) is 6.80. The molecule has 6 nitrogen and oxygen atoms in total. The highest BCUT2D eigenvalue weighted by atomic mass is 19.4. The lowest BCUT2D eigenvalue weighted by Gasteiger charge is -2.14. The van der Waals surface area contributed by atoms with E-state index in [1.54, 1.807) is 24.3 Å². The van der Waals surface area contributed by atoms with E-state index in [1.165, 1.54) is 12.1 Å². The first kappa shape index (κ1) is 20.4. The maximum absolute atomic E-state index is 13.0. The zero-order valence-corrected chi connectivity index (χ0v) is 16.2. The molecule has 2 N–H and O–H groups in total. The van der Waals surface area contributed by atoms with E-state index in [2.05, 4.69) is 20.8 Å². The minimum Gasteiger partial charge on any atom is -0.355 e. The second-order valence-corrected chi connectivity index (χ2v) is 6.80. The lowest BCUT2D eigenvalue weighted by molar-refractivity contribution is -0.137. The molecule has 0 bridgehead atoms. The number of alkyl halides is 3. The number of hydrogen-bond acceptors (Lipinski definition) is 4. The SMILES string of the molecule is O=C(NCCc1nnc2ccccn12)c1ccccc1Nc1cccc(C(F)(F)F)c1. The van der Waals surface area contributed by atoms with Crippen molar-refractivity contribution in [1.82, 2.24) is 19.9 Å². The van der Waals surface area contributed by atoms with E-state index in [9.17, 15) is 18.0 Å². The van der Waals surface area contributed by atoms with Crippen LogP contribution in [-0.2, 0) is 12.6 Å². The van der Waals surface area contributed by atoms with Gasteiger partial charge in [0.15, 0.2) is 5.65 Å². The molecular weight excluding hydrogens is 407 g/mol. The normalized spacial score (nSPS) is 11.5. The molecule has 1 amide bonds. The second kappa shape index (κ2) is 8.47. The van der Waals surface area contributed by atoms with Gasteiger partial charge in [0.25, 0.3) is 5.91 Å². The Kier molecular flexibility index (Phi) is 5.57. The van der Waals surface area contributed by atoms with Gasteiger partial charge in [-0.05, 0) is 42.5 Å². The van der Waals surface area contributed by atoms with Crippen molar-refractivity contribution >= 4 is 22.9 Å². The Balaban J connectivity index is 1.45. The number of carbonyl (C=O) groups is 1. The summed E-state index contributed by atoms with van der Waals surface area (Å²) in [5, 5.41) is 13.9. The topological polar surface area (TPSA) is 71.3 Å². The molecule has 0 fully saturated rings. The van der Waals surface area contributed by atoms with Gasteiger partial charge in [0.05, 0.1) is 16.8 Å². The van der Waals surface area contributed by atoms with Crippen LogP contribution >= 0.6 is 0 Å². The number of amides is 1. The van der Waals surface area contributed by atoms with E-state index >= 15 is 0 Å². The number of nitrogens with one attached hydrogen (secondary N) is 2. The maximum atomic E-state index is 13.0. The number of nitrogens with zero attached hydrogens (tertiary/aromatic N) is 3. The molecule has 0 aliphatic carbocycles. The Morgan fingerprint density at radius 1 is 0.968 bits per heavy atom. The number of rotatable bonds is 6. The lowest BCUT2D eigenvalue weighted by Crippen LogP contribution is -2.26. The quantitative estimate of drug-likeness (QED) is 0.478. The van der Waals surface area contributed by atoms with Crippen LogP contribution in [0.3, 0.4) is 0 Å². The van der Waals surface area contributed by atoms with Gasteiger partial charge in [-0.1, -0.05) is 24.3 Å². The van der Waals surface area contributed by atoms with E-state index in [0.717, 1.165) is 17.8 Å². The number of carbonyl (C=O) groups excluding carboxylic acids is 1. The van der Waals surface area contributed by atoms with Crippen molar-refractivity contribution in [2.24, 2.45) is 0 Å². The number of aromatic nitrogens is 3. The molecule has 2 aromatic carbocycles. The van der Waals surface area contributed by atoms with E-state index in [0.29, 0.717) is 30.0 Å². The van der Waals surface area contributed by atoms with E-state index in [-0.39, 0.29) is 11.6 Å². The fraction of sp³-hybridized carbons (Fsp3) is 0.136. The molecule has 4 aromatic rings. The summed E-state index contributed by atoms with van der Waals surface area (Å²) in [6, 6.07) is 17.1. The molecule has 4 rings (SSSR count). The van der Waals surface area contributed by atoms with Crippen molar-refractivity contribution in [2.45, 2.75) is 12.6 Å². The fourth-order valence-corrected chi connectivity index (χ4v) is 3.16. The van der Waals surface area contributed by atoms with Crippen LogP contribution in [0.2, 0.25) is 0 Å². The predicted octanol–water partition coefficient (Wildman–Crippen LogP) is 4.46. The summed E-state index contributed by atoms with van der Waals surface area (Å²) in [5.74, 6) is 0.371. The molecule has 0 saturated carbocycles. The largest absolute Gasteiger partial charge is 0.416 e. The van der Waals surface area contributed by atoms with Crippen molar-refractivity contribution in [3.8, 4) is 0 Å². The standard InChI is InChI=1S/C22H18F3N5O/c23-22(24,25)15-6-5-7-16(14-15)27-18-9-2-1-8-17(18)21(31)26-12-11-20-29-28-19-10-3-4-13-30(19)20/h1-10,13-14,27H,11-12H2,(H,26,31). The molecule has 0 radical (unpaired) electrons. The maximum Gasteiger partial charge on any atom is 0.416 e. The zero-order valence-electron chi connectivity index (χ0n) is 16.2. The van der Waals surface area contributed by atoms with E-state index < -0.39 is 11.7 Å². The summed E-state index contributed by atoms with van der Waals surface area (Å²) in [7, 11) is 0. The fourth-order valence-electron chi connectivity index (χ4n) is 3.16. The highest BCUT2D eigenvalue weighted by Crippen LogP contribution is 2.31. The van der Waals surface area contributed by atoms with Crippen LogP contribution < -0.4 is 10.6 Å². The first-order valence-electron chi connectivity index (χ1n) is 9.52. The Morgan fingerprint density at radius 3 is 2.61 bits per heavy atom. The number of hydrogen-bond donors (Lipinski definition) is 2. The van der Waals surface area contributed by atoms with E-state index in [1.807, 2.05) is 28.8 Å². The van der Waals surface area contributed by atoms with Gasteiger partial charge in [-0.3, -0.25) is 9.20 Å². The Hall–Kier alpha value is -3.88. The molecule has 2 aromatic heterocycles. The van der Waals surface area contributed by atoms with Crippen LogP contribution in [0.25, 0.3) is 5.65 Å². The molecule has 2 heterocycles. The van der Waals surface area contributed by atoms with Gasteiger partial charge in [-0.25, -0.2) is 0 Å². The van der Waals surface area contributed by atoms with Crippen molar-refractivity contribution < 1.29 is 18.0 Å². The van der Waals surface area contributed by atoms with Crippen molar-refractivity contribution in [3.63, 3.8) is 0 Å². The number of pyridine rings is 1. The van der Waals surface area contributed by atoms with Crippen LogP contribution in [-0.4, -0.2) is 27.0 Å². The van der Waals surface area contributed by atoms with Gasteiger partial charge in [0.2, 0.25) is 0 Å². The first-order valence-corrected chi connectivity index (χ1v) is 9.52. The summed E-state index contributed by atoms with van der Waals surface area (Å²) in [6.45, 7) is 0.326. The number of benzene rings is 2. The summed E-state index contributed by atoms with van der Waals surface area (Å²) < 4.78 is 40.7. The van der Waals surface area contributed by atoms with Crippen molar-refractivity contribution in [1.29, 1.82) is 0 Å². The molecular formula is C22H18F3N5O. The highest BCUT2D eigenvalue weighted by molar-refractivity contribution is 6.00. The smallest absolute Gasteiger partial charge is 0.355 e. The van der Waals surface area contributed by atoms with Crippen LogP contribution in [0.5, 0.6) is 0 Å². The molecule has 0 atom stereocenters. The molecule has 0 unspecified atom stereocenters. The van der Waals surface area contributed by atoms with Gasteiger partial charge in [-0.2, -0.15) is 13.2 Å². The number of para-hydroxylation sites is 1. The molecule has 9 heteroatoms. The number of halogens is 3. The Morgan fingerprint density at radius 2 is 1.77 bits per heavy atom. The monoisotopic (exact) mass is 425 g/mol. The summed E-state index contributed by atoms with van der Waals surface area (Å²) in [5.41, 5.74) is 0.933. The van der Waals surface area contributed by atoms with Crippen LogP contribution in [0.15, 0.2) is 72.9 Å². The molecule has 0 saturated heterocycles. The molecule has 0 aliphatic heterocycles. The van der Waals surface area contributed by atoms with Gasteiger partial charge >= 0.3 is 6.18 Å². The van der Waals surface area contributed by atoms with Gasteiger partial charge in [0, 0.05) is 24.8 Å². The van der Waals surface area contributed by atoms with Gasteiger partial charge < -0.3 is 10.6 Å². The van der Waals surface area contributed by atoms with Crippen LogP contribution in [0.1, 0.15) is 21.7 Å². The summed E-state index contributed by atoms with van der Waals surface area (Å²) in [4.78, 5) is 12.7. The third kappa shape index (κ3) is 4.66. The van der Waals surface area contributed by atoms with Gasteiger partial charge in [0.1, 0.15) is 5.82 Å². The zero-order chi connectivity index (χ0) is 21.8. The molecule has 31 heavy (non-hydrogen) atoms. The van der Waals surface area contributed by atoms with Crippen LogP contribution in [0.4, 0.5) is 24.5 Å². The predicted molar refractivity (Wildman–Crippen MR) is 110 cm³/mol. The third-order valence-corrected chi connectivity index (χ3v) is 4.66. The minimum absolute atomic E-state index is 0.241. The van der Waals surface area contributed by atoms with Crippen molar-refractivity contribution in [3.05, 3.63) is 89.9 Å². The Bertz CT molecular complexity index is 1220. The third-order valence-electron chi connectivity index (χ3n) is 4.66. The van der Waals surface area contributed by atoms with E-state index in [4.69, 9.17) is 0 Å². The average Bonchev–Trinajstić information content (AvgIpc) is 3.17. The van der Waals surface area contributed by atoms with Crippen molar-refractivity contribution in [2.75, 3.05) is 11.9 Å². The lowest BCUT2D eigenvalue weighted by atomic mass is 10.1. The molecule has 0 spiro atoms. The summed E-state index contributed by atoms with van der Waals surface area (Å²) in [6.07, 6.45) is -2.12. The molecule has 158 valence electrons. The Labute approximate surface area is 175 Å². The highest BCUT2D eigenvalue weighted by Gasteiger charge is 2.30.